The van der Waals surface area contributed by atoms with Crippen molar-refractivity contribution >= 4 is 23.1 Å². The van der Waals surface area contributed by atoms with Crippen LogP contribution in [0.4, 0.5) is 10.7 Å². The molecule has 0 unspecified atom stereocenters. The number of rotatable bonds is 2. The number of para-hydroxylation sites is 3. The van der Waals surface area contributed by atoms with Gasteiger partial charge in [-0.15, -0.1) is 0 Å². The summed E-state index contributed by atoms with van der Waals surface area (Å²) in [5.41, 5.74) is 2.65. The van der Waals surface area contributed by atoms with E-state index < -0.39 is 6.09 Å². The van der Waals surface area contributed by atoms with Gasteiger partial charge in [-0.25, -0.2) is 9.78 Å². The Morgan fingerprint density at radius 3 is 2.55 bits per heavy atom. The molecule has 1 aromatic heterocycles. The van der Waals surface area contributed by atoms with Gasteiger partial charge in [-0.05, 0) is 24.3 Å². The third kappa shape index (κ3) is 2.09. The molecule has 0 bridgehead atoms. The van der Waals surface area contributed by atoms with Crippen molar-refractivity contribution in [3.8, 4) is 5.69 Å². The first-order chi connectivity index (χ1) is 9.79. The lowest BCUT2D eigenvalue weighted by Crippen LogP contribution is -2.14. The summed E-state index contributed by atoms with van der Waals surface area (Å²) in [5, 5.41) is 2.64. The minimum atomic E-state index is -0.544. The molecule has 0 saturated heterocycles. The maximum Gasteiger partial charge on any atom is 0.413 e. The quantitative estimate of drug-likeness (QED) is 0.775. The average molecular weight is 267 g/mol. The molecule has 100 valence electrons. The lowest BCUT2D eigenvalue weighted by molar-refractivity contribution is 0.186. The van der Waals surface area contributed by atoms with E-state index in [2.05, 4.69) is 15.0 Å². The highest BCUT2D eigenvalue weighted by atomic mass is 16.5. The number of nitrogens with zero attached hydrogens (tertiary/aromatic N) is 2. The molecule has 3 rings (SSSR count). The zero-order valence-electron chi connectivity index (χ0n) is 10.9. The zero-order valence-corrected chi connectivity index (χ0v) is 10.9. The average Bonchev–Trinajstić information content (AvgIpc) is 2.85. The zero-order chi connectivity index (χ0) is 13.9. The Morgan fingerprint density at radius 2 is 1.80 bits per heavy atom. The predicted molar refractivity (Wildman–Crippen MR) is 77.1 cm³/mol. The molecule has 0 spiro atoms. The van der Waals surface area contributed by atoms with Gasteiger partial charge in [-0.3, -0.25) is 9.88 Å². The van der Waals surface area contributed by atoms with Crippen LogP contribution >= 0.6 is 0 Å². The first kappa shape index (κ1) is 12.2. The second kappa shape index (κ2) is 5.05. The Balaban J connectivity index is 2.21. The first-order valence-corrected chi connectivity index (χ1v) is 6.17. The van der Waals surface area contributed by atoms with Crippen LogP contribution in [0.3, 0.4) is 0 Å². The smallest absolute Gasteiger partial charge is 0.413 e. The number of methoxy groups -OCH3 is 1. The first-order valence-electron chi connectivity index (χ1n) is 6.17. The Hall–Kier alpha value is -2.82. The normalized spacial score (nSPS) is 10.4. The van der Waals surface area contributed by atoms with Gasteiger partial charge in [-0.2, -0.15) is 0 Å². The molecule has 0 aliphatic heterocycles. The molecular formula is C15H13N3O2. The summed E-state index contributed by atoms with van der Waals surface area (Å²) in [4.78, 5) is 15.9. The summed E-state index contributed by atoms with van der Waals surface area (Å²) in [6, 6.07) is 17.4. The molecule has 0 radical (unpaired) electrons. The highest BCUT2D eigenvalue weighted by molar-refractivity contribution is 5.88. The molecule has 2 aromatic carbocycles. The SMILES string of the molecule is COC(=O)Nc1nc2ccccc2n1-c1ccccc1. The van der Waals surface area contributed by atoms with Crippen LogP contribution in [-0.2, 0) is 4.74 Å². The van der Waals surface area contributed by atoms with E-state index in [1.54, 1.807) is 0 Å². The summed E-state index contributed by atoms with van der Waals surface area (Å²) in [5.74, 6) is 0.434. The molecule has 0 aliphatic carbocycles. The van der Waals surface area contributed by atoms with Gasteiger partial charge in [0.25, 0.3) is 0 Å². The standard InChI is InChI=1S/C15H13N3O2/c1-20-15(19)17-14-16-12-9-5-6-10-13(12)18(14)11-7-3-2-4-8-11/h2-10H,1H3,(H,16,17,19). The van der Waals surface area contributed by atoms with E-state index in [0.29, 0.717) is 5.95 Å². The highest BCUT2D eigenvalue weighted by Gasteiger charge is 2.14. The molecular weight excluding hydrogens is 254 g/mol. The minimum absolute atomic E-state index is 0.434. The fourth-order valence-electron chi connectivity index (χ4n) is 2.09. The van der Waals surface area contributed by atoms with Crippen molar-refractivity contribution in [1.29, 1.82) is 0 Å². The number of nitrogens with one attached hydrogen (secondary N) is 1. The predicted octanol–water partition coefficient (Wildman–Crippen LogP) is 3.20. The third-order valence-electron chi connectivity index (χ3n) is 2.97. The van der Waals surface area contributed by atoms with Crippen LogP contribution in [0.25, 0.3) is 16.7 Å². The minimum Gasteiger partial charge on any atom is -0.453 e. The third-order valence-corrected chi connectivity index (χ3v) is 2.97. The monoisotopic (exact) mass is 267 g/mol. The number of ether oxygens (including phenoxy) is 1. The molecule has 5 heteroatoms. The van der Waals surface area contributed by atoms with Gasteiger partial charge in [0.15, 0.2) is 0 Å². The molecule has 3 aromatic rings. The van der Waals surface area contributed by atoms with E-state index in [9.17, 15) is 4.79 Å². The number of imidazole rings is 1. The van der Waals surface area contributed by atoms with Crippen molar-refractivity contribution in [2.75, 3.05) is 12.4 Å². The molecule has 1 amide bonds. The number of benzene rings is 2. The lowest BCUT2D eigenvalue weighted by Gasteiger charge is -2.09. The van der Waals surface area contributed by atoms with Crippen LogP contribution in [0.5, 0.6) is 0 Å². The van der Waals surface area contributed by atoms with Gasteiger partial charge in [-0.1, -0.05) is 30.3 Å². The van der Waals surface area contributed by atoms with Gasteiger partial charge in [0.05, 0.1) is 18.1 Å². The van der Waals surface area contributed by atoms with E-state index in [1.807, 2.05) is 59.2 Å². The summed E-state index contributed by atoms with van der Waals surface area (Å²) < 4.78 is 6.52. The molecule has 0 saturated carbocycles. The van der Waals surface area contributed by atoms with Crippen molar-refractivity contribution in [3.05, 3.63) is 54.6 Å². The van der Waals surface area contributed by atoms with E-state index in [-0.39, 0.29) is 0 Å². The van der Waals surface area contributed by atoms with Gasteiger partial charge < -0.3 is 4.74 Å². The largest absolute Gasteiger partial charge is 0.453 e. The summed E-state index contributed by atoms with van der Waals surface area (Å²) >= 11 is 0. The van der Waals surface area contributed by atoms with Crippen molar-refractivity contribution in [2.24, 2.45) is 0 Å². The van der Waals surface area contributed by atoms with Gasteiger partial charge in [0.1, 0.15) is 0 Å². The van der Waals surface area contributed by atoms with Crippen LogP contribution in [-0.4, -0.2) is 22.8 Å². The van der Waals surface area contributed by atoms with Gasteiger partial charge in [0, 0.05) is 5.69 Å². The second-order valence-corrected chi connectivity index (χ2v) is 4.21. The lowest BCUT2D eigenvalue weighted by atomic mass is 10.3. The van der Waals surface area contributed by atoms with Crippen LogP contribution in [0.1, 0.15) is 0 Å². The molecule has 0 aliphatic rings. The number of carbonyl (C=O) groups excluding carboxylic acids is 1. The van der Waals surface area contributed by atoms with Gasteiger partial charge in [0.2, 0.25) is 5.95 Å². The van der Waals surface area contributed by atoms with Crippen LogP contribution < -0.4 is 5.32 Å². The number of hydrogen-bond donors (Lipinski definition) is 1. The fraction of sp³-hybridized carbons (Fsp3) is 0.0667. The van der Waals surface area contributed by atoms with Crippen LogP contribution in [0.15, 0.2) is 54.6 Å². The Bertz CT molecular complexity index is 750. The van der Waals surface area contributed by atoms with Crippen molar-refractivity contribution in [3.63, 3.8) is 0 Å². The number of carbonyl (C=O) groups is 1. The van der Waals surface area contributed by atoms with E-state index in [0.717, 1.165) is 16.7 Å². The maximum absolute atomic E-state index is 11.5. The second-order valence-electron chi connectivity index (χ2n) is 4.21. The summed E-state index contributed by atoms with van der Waals surface area (Å²) in [6.07, 6.45) is -0.544. The van der Waals surface area contributed by atoms with E-state index in [1.165, 1.54) is 7.11 Å². The maximum atomic E-state index is 11.5. The number of amides is 1. The highest BCUT2D eigenvalue weighted by Crippen LogP contribution is 2.24. The summed E-state index contributed by atoms with van der Waals surface area (Å²) in [6.45, 7) is 0. The van der Waals surface area contributed by atoms with Crippen molar-refractivity contribution in [2.45, 2.75) is 0 Å². The molecule has 20 heavy (non-hydrogen) atoms. The van der Waals surface area contributed by atoms with Gasteiger partial charge >= 0.3 is 6.09 Å². The fourth-order valence-corrected chi connectivity index (χ4v) is 2.09. The Kier molecular flexibility index (Phi) is 3.09. The molecule has 1 heterocycles. The topological polar surface area (TPSA) is 56.1 Å². The molecule has 0 fully saturated rings. The van der Waals surface area contributed by atoms with Crippen LogP contribution in [0, 0.1) is 0 Å². The Morgan fingerprint density at radius 1 is 1.10 bits per heavy atom. The van der Waals surface area contributed by atoms with E-state index in [4.69, 9.17) is 0 Å². The van der Waals surface area contributed by atoms with Crippen molar-refractivity contribution in [1.82, 2.24) is 9.55 Å². The molecule has 5 nitrogen and oxygen atoms in total. The van der Waals surface area contributed by atoms with E-state index >= 15 is 0 Å². The molecule has 0 atom stereocenters. The number of fused-ring (bicyclic) bond motifs is 1. The Labute approximate surface area is 115 Å². The summed E-state index contributed by atoms with van der Waals surface area (Å²) in [7, 11) is 1.32. The van der Waals surface area contributed by atoms with Crippen LogP contribution in [0.2, 0.25) is 0 Å². The van der Waals surface area contributed by atoms with Crippen molar-refractivity contribution < 1.29 is 9.53 Å². The number of anilines is 1. The number of aromatic nitrogens is 2. The number of hydrogen-bond acceptors (Lipinski definition) is 3. The molecule has 1 N–H and O–H groups in total.